The zero-order chi connectivity index (χ0) is 25.9. The molecule has 0 N–H and O–H groups in total. The van der Waals surface area contributed by atoms with E-state index in [1.165, 1.54) is 5.56 Å². The quantitative estimate of drug-likeness (QED) is 0.322. The zero-order valence-electron chi connectivity index (χ0n) is 21.0. The molecule has 1 saturated heterocycles. The van der Waals surface area contributed by atoms with Crippen LogP contribution in [-0.4, -0.2) is 51.3 Å². The maximum atomic E-state index is 13.1. The van der Waals surface area contributed by atoms with E-state index in [9.17, 15) is 10.1 Å². The van der Waals surface area contributed by atoms with Crippen molar-refractivity contribution < 1.29 is 4.79 Å². The highest BCUT2D eigenvalue weighted by molar-refractivity contribution is 5.94. The summed E-state index contributed by atoms with van der Waals surface area (Å²) in [6.07, 6.45) is 2.18. The van der Waals surface area contributed by atoms with Crippen molar-refractivity contribution in [3.8, 4) is 28.5 Å². The number of aromatic nitrogens is 2. The fraction of sp³-hybridized carbons (Fsp3) is 0.156. The van der Waals surface area contributed by atoms with Crippen LogP contribution in [0.5, 0.6) is 0 Å². The van der Waals surface area contributed by atoms with E-state index in [1.54, 1.807) is 24.3 Å². The maximum absolute atomic E-state index is 13.1. The number of carbonyl (C=O) groups excluding carboxylic acids is 1. The highest BCUT2D eigenvalue weighted by atomic mass is 16.2. The SMILES string of the molecule is N#Cc1cccc(C(=O)N2CCN(Cc3c(-c4ccccc4)nc4ccc(-c5ccccc5)cn34)CC2)c1. The predicted molar refractivity (Wildman–Crippen MR) is 148 cm³/mol. The van der Waals surface area contributed by atoms with E-state index < -0.39 is 0 Å². The Kier molecular flexibility index (Phi) is 6.43. The summed E-state index contributed by atoms with van der Waals surface area (Å²) in [5.74, 6) is -0.0194. The second kappa shape index (κ2) is 10.3. The van der Waals surface area contributed by atoms with Crippen LogP contribution in [-0.2, 0) is 6.54 Å². The number of nitriles is 1. The van der Waals surface area contributed by atoms with Gasteiger partial charge in [-0.15, -0.1) is 0 Å². The van der Waals surface area contributed by atoms with Crippen molar-refractivity contribution in [3.63, 3.8) is 0 Å². The van der Waals surface area contributed by atoms with Crippen LogP contribution in [0.3, 0.4) is 0 Å². The smallest absolute Gasteiger partial charge is 0.253 e. The molecule has 6 nitrogen and oxygen atoms in total. The number of benzene rings is 3. The number of imidazole rings is 1. The Morgan fingerprint density at radius 3 is 2.21 bits per heavy atom. The van der Waals surface area contributed by atoms with Crippen molar-refractivity contribution in [1.82, 2.24) is 19.2 Å². The highest BCUT2D eigenvalue weighted by Crippen LogP contribution is 2.28. The number of hydrogen-bond acceptors (Lipinski definition) is 4. The molecule has 0 atom stereocenters. The first kappa shape index (κ1) is 23.7. The first-order chi connectivity index (χ1) is 18.7. The van der Waals surface area contributed by atoms with Gasteiger partial charge in [0.1, 0.15) is 5.65 Å². The number of hydrogen-bond donors (Lipinski definition) is 0. The lowest BCUT2D eigenvalue weighted by molar-refractivity contribution is 0.0627. The molecule has 1 aliphatic rings. The number of rotatable bonds is 5. The third kappa shape index (κ3) is 4.68. The molecule has 6 heteroatoms. The van der Waals surface area contributed by atoms with Gasteiger partial charge >= 0.3 is 0 Å². The summed E-state index contributed by atoms with van der Waals surface area (Å²) in [5, 5.41) is 9.18. The summed E-state index contributed by atoms with van der Waals surface area (Å²) in [7, 11) is 0. The molecule has 0 aliphatic carbocycles. The average molecular weight is 498 g/mol. The minimum atomic E-state index is -0.0194. The van der Waals surface area contributed by atoms with Crippen LogP contribution in [0.1, 0.15) is 21.6 Å². The monoisotopic (exact) mass is 497 g/mol. The Morgan fingerprint density at radius 2 is 1.50 bits per heavy atom. The third-order valence-electron chi connectivity index (χ3n) is 7.14. The molecular weight excluding hydrogens is 470 g/mol. The van der Waals surface area contributed by atoms with Gasteiger partial charge < -0.3 is 9.30 Å². The van der Waals surface area contributed by atoms with Gasteiger partial charge in [0, 0.05) is 50.0 Å². The third-order valence-corrected chi connectivity index (χ3v) is 7.14. The largest absolute Gasteiger partial charge is 0.336 e. The van der Waals surface area contributed by atoms with E-state index in [4.69, 9.17) is 4.98 Å². The molecule has 5 aromatic rings. The lowest BCUT2D eigenvalue weighted by Crippen LogP contribution is -2.48. The normalized spacial score (nSPS) is 13.9. The summed E-state index contributed by atoms with van der Waals surface area (Å²) in [4.78, 5) is 22.4. The molecule has 0 spiro atoms. The maximum Gasteiger partial charge on any atom is 0.253 e. The molecule has 6 rings (SSSR count). The first-order valence-corrected chi connectivity index (χ1v) is 12.8. The van der Waals surface area contributed by atoms with Crippen LogP contribution in [0.15, 0.2) is 103 Å². The molecule has 38 heavy (non-hydrogen) atoms. The Balaban J connectivity index is 1.27. The summed E-state index contributed by atoms with van der Waals surface area (Å²) in [6, 6.07) is 34.0. The van der Waals surface area contributed by atoms with Crippen LogP contribution >= 0.6 is 0 Å². The molecule has 0 radical (unpaired) electrons. The fourth-order valence-electron chi connectivity index (χ4n) is 5.10. The fourth-order valence-corrected chi connectivity index (χ4v) is 5.10. The van der Waals surface area contributed by atoms with Gasteiger partial charge in [-0.3, -0.25) is 9.69 Å². The van der Waals surface area contributed by atoms with Crippen LogP contribution in [0, 0.1) is 11.3 Å². The molecule has 3 aromatic carbocycles. The number of amides is 1. The van der Waals surface area contributed by atoms with Crippen LogP contribution < -0.4 is 0 Å². The lowest BCUT2D eigenvalue weighted by Gasteiger charge is -2.34. The summed E-state index contributed by atoms with van der Waals surface area (Å²) in [5.41, 5.74) is 7.54. The molecule has 2 aromatic heterocycles. The summed E-state index contributed by atoms with van der Waals surface area (Å²) >= 11 is 0. The highest BCUT2D eigenvalue weighted by Gasteiger charge is 2.24. The minimum Gasteiger partial charge on any atom is -0.336 e. The summed E-state index contributed by atoms with van der Waals surface area (Å²) < 4.78 is 2.22. The van der Waals surface area contributed by atoms with Crippen LogP contribution in [0.4, 0.5) is 0 Å². The topological polar surface area (TPSA) is 64.6 Å². The molecular formula is C32H27N5O. The van der Waals surface area contributed by atoms with Crippen molar-refractivity contribution in [2.75, 3.05) is 26.2 Å². The Labute approximate surface area is 222 Å². The van der Waals surface area contributed by atoms with Gasteiger partial charge in [0.15, 0.2) is 0 Å². The Morgan fingerprint density at radius 1 is 0.789 bits per heavy atom. The second-order valence-electron chi connectivity index (χ2n) is 9.55. The molecule has 3 heterocycles. The van der Waals surface area contributed by atoms with Gasteiger partial charge in [0.2, 0.25) is 0 Å². The lowest BCUT2D eigenvalue weighted by atomic mass is 10.1. The Hall–Kier alpha value is -4.73. The van der Waals surface area contributed by atoms with Gasteiger partial charge in [-0.1, -0.05) is 66.7 Å². The van der Waals surface area contributed by atoms with Crippen molar-refractivity contribution in [3.05, 3.63) is 120 Å². The number of fused-ring (bicyclic) bond motifs is 1. The molecule has 0 bridgehead atoms. The van der Waals surface area contributed by atoms with E-state index in [2.05, 4.69) is 70.1 Å². The molecule has 0 saturated carbocycles. The van der Waals surface area contributed by atoms with E-state index in [0.717, 1.165) is 47.8 Å². The van der Waals surface area contributed by atoms with Crippen molar-refractivity contribution in [1.29, 1.82) is 5.26 Å². The van der Waals surface area contributed by atoms with Gasteiger partial charge in [-0.25, -0.2) is 4.98 Å². The standard InChI is InChI=1S/C32H27N5O/c33-21-24-8-7-13-27(20-24)32(38)36-18-16-35(17-19-36)23-29-31(26-11-5-2-6-12-26)34-30-15-14-28(22-37(29)30)25-9-3-1-4-10-25/h1-15,20,22H,16-19,23H2. The van der Waals surface area contributed by atoms with Gasteiger partial charge in [0.05, 0.1) is 23.0 Å². The predicted octanol–water partition coefficient (Wildman–Crippen LogP) is 5.50. The van der Waals surface area contributed by atoms with Crippen molar-refractivity contribution >= 4 is 11.6 Å². The number of nitrogens with zero attached hydrogens (tertiary/aromatic N) is 5. The molecule has 1 amide bonds. The first-order valence-electron chi connectivity index (χ1n) is 12.8. The number of carbonyl (C=O) groups is 1. The van der Waals surface area contributed by atoms with Crippen molar-refractivity contribution in [2.24, 2.45) is 0 Å². The van der Waals surface area contributed by atoms with E-state index in [-0.39, 0.29) is 5.91 Å². The molecule has 1 fully saturated rings. The van der Waals surface area contributed by atoms with Crippen molar-refractivity contribution in [2.45, 2.75) is 6.54 Å². The number of pyridine rings is 1. The second-order valence-corrected chi connectivity index (χ2v) is 9.55. The Bertz CT molecular complexity index is 1630. The molecule has 1 aliphatic heterocycles. The van der Waals surface area contributed by atoms with Crippen LogP contribution in [0.25, 0.3) is 28.0 Å². The van der Waals surface area contributed by atoms with E-state index >= 15 is 0 Å². The van der Waals surface area contributed by atoms with E-state index in [1.807, 2.05) is 29.2 Å². The van der Waals surface area contributed by atoms with Crippen LogP contribution in [0.2, 0.25) is 0 Å². The van der Waals surface area contributed by atoms with Gasteiger partial charge in [0.25, 0.3) is 5.91 Å². The van der Waals surface area contributed by atoms with Gasteiger partial charge in [-0.2, -0.15) is 5.26 Å². The minimum absolute atomic E-state index is 0.0194. The van der Waals surface area contributed by atoms with Gasteiger partial charge in [-0.05, 0) is 41.5 Å². The zero-order valence-corrected chi connectivity index (χ0v) is 21.0. The van der Waals surface area contributed by atoms with E-state index in [0.29, 0.717) is 24.2 Å². The summed E-state index contributed by atoms with van der Waals surface area (Å²) in [6.45, 7) is 3.55. The molecule has 0 unspecified atom stereocenters. The number of piperazine rings is 1. The average Bonchev–Trinajstić information content (AvgIpc) is 3.35. The molecule has 186 valence electrons.